The lowest BCUT2D eigenvalue weighted by molar-refractivity contribution is -0.141. The van der Waals surface area contributed by atoms with E-state index in [4.69, 9.17) is 5.11 Å². The number of amides is 1. The van der Waals surface area contributed by atoms with Gasteiger partial charge in [0.05, 0.1) is 6.20 Å². The van der Waals surface area contributed by atoms with Crippen LogP contribution in [-0.4, -0.2) is 32.8 Å². The largest absolute Gasteiger partial charge is 0.480 e. The van der Waals surface area contributed by atoms with Crippen LogP contribution in [0.5, 0.6) is 0 Å². The van der Waals surface area contributed by atoms with Crippen LogP contribution in [0.3, 0.4) is 0 Å². The summed E-state index contributed by atoms with van der Waals surface area (Å²) in [6.07, 6.45) is 3.35. The minimum absolute atomic E-state index is 0.0332. The normalized spacial score (nSPS) is 12.1. The first-order chi connectivity index (χ1) is 6.99. The van der Waals surface area contributed by atoms with E-state index in [1.165, 1.54) is 11.6 Å². The molecule has 0 aliphatic rings. The molecule has 1 aromatic heterocycles. The van der Waals surface area contributed by atoms with Crippen LogP contribution >= 0.6 is 0 Å². The van der Waals surface area contributed by atoms with E-state index in [2.05, 4.69) is 10.4 Å². The van der Waals surface area contributed by atoms with E-state index in [-0.39, 0.29) is 12.5 Å². The van der Waals surface area contributed by atoms with Crippen molar-refractivity contribution in [2.24, 2.45) is 0 Å². The minimum Gasteiger partial charge on any atom is -0.480 e. The molecule has 1 atom stereocenters. The van der Waals surface area contributed by atoms with Crippen molar-refractivity contribution in [3.8, 4) is 0 Å². The lowest BCUT2D eigenvalue weighted by Crippen LogP contribution is -2.40. The lowest BCUT2D eigenvalue weighted by atomic mass is 10.3. The van der Waals surface area contributed by atoms with Crippen molar-refractivity contribution in [2.45, 2.75) is 26.4 Å². The number of nitrogens with zero attached hydrogens (tertiary/aromatic N) is 2. The summed E-state index contributed by atoms with van der Waals surface area (Å²) < 4.78 is 1.46. The van der Waals surface area contributed by atoms with Gasteiger partial charge in [-0.2, -0.15) is 5.10 Å². The summed E-state index contributed by atoms with van der Waals surface area (Å²) in [5.41, 5.74) is 0.953. The first kappa shape index (κ1) is 11.2. The number of carboxylic acid groups (broad SMARTS) is 1. The van der Waals surface area contributed by atoms with Crippen molar-refractivity contribution in [3.05, 3.63) is 18.0 Å². The zero-order valence-electron chi connectivity index (χ0n) is 8.60. The quantitative estimate of drug-likeness (QED) is 0.721. The van der Waals surface area contributed by atoms with Crippen LogP contribution in [0.2, 0.25) is 0 Å². The topological polar surface area (TPSA) is 84.2 Å². The standard InChI is InChI=1S/C9H13N3O3/c1-6-3-10-12(4-6)5-8(13)11-7(2)9(14)15/h3-4,7H,5H2,1-2H3,(H,11,13)(H,14,15). The van der Waals surface area contributed by atoms with Gasteiger partial charge in [0.2, 0.25) is 5.91 Å². The second-order valence-corrected chi connectivity index (χ2v) is 3.34. The van der Waals surface area contributed by atoms with Crippen molar-refractivity contribution < 1.29 is 14.7 Å². The Balaban J connectivity index is 2.46. The number of aromatic nitrogens is 2. The number of aryl methyl sites for hydroxylation is 1. The molecule has 0 saturated carbocycles. The lowest BCUT2D eigenvalue weighted by Gasteiger charge is -2.08. The third-order valence-electron chi connectivity index (χ3n) is 1.82. The highest BCUT2D eigenvalue weighted by Gasteiger charge is 2.13. The summed E-state index contributed by atoms with van der Waals surface area (Å²) in [6, 6.07) is -0.880. The second kappa shape index (κ2) is 4.59. The molecule has 1 aromatic rings. The predicted molar refractivity (Wildman–Crippen MR) is 52.2 cm³/mol. The molecule has 1 amide bonds. The van der Waals surface area contributed by atoms with Crippen LogP contribution in [0.1, 0.15) is 12.5 Å². The molecule has 1 heterocycles. The molecule has 6 nitrogen and oxygen atoms in total. The molecule has 0 fully saturated rings. The number of carbonyl (C=O) groups is 2. The van der Waals surface area contributed by atoms with Crippen molar-refractivity contribution in [2.75, 3.05) is 0 Å². The number of aliphatic carboxylic acids is 1. The monoisotopic (exact) mass is 211 g/mol. The summed E-state index contributed by atoms with van der Waals surface area (Å²) in [4.78, 5) is 21.8. The molecule has 82 valence electrons. The molecule has 0 saturated heterocycles. The van der Waals surface area contributed by atoms with Crippen LogP contribution in [0, 0.1) is 6.92 Å². The van der Waals surface area contributed by atoms with Crippen LogP contribution in [0.15, 0.2) is 12.4 Å². The molecular formula is C9H13N3O3. The Labute approximate surface area is 86.9 Å². The maximum Gasteiger partial charge on any atom is 0.325 e. The number of nitrogens with one attached hydrogen (secondary N) is 1. The van der Waals surface area contributed by atoms with Crippen molar-refractivity contribution in [3.63, 3.8) is 0 Å². The van der Waals surface area contributed by atoms with E-state index >= 15 is 0 Å². The Morgan fingerprint density at radius 2 is 2.33 bits per heavy atom. The van der Waals surface area contributed by atoms with Gasteiger partial charge in [0.25, 0.3) is 0 Å². The van der Waals surface area contributed by atoms with E-state index in [9.17, 15) is 9.59 Å². The zero-order chi connectivity index (χ0) is 11.4. The summed E-state index contributed by atoms with van der Waals surface area (Å²) in [6.45, 7) is 3.31. The fourth-order valence-corrected chi connectivity index (χ4v) is 1.05. The average Bonchev–Trinajstić information content (AvgIpc) is 2.50. The third kappa shape index (κ3) is 3.41. The fraction of sp³-hybridized carbons (Fsp3) is 0.444. The Kier molecular flexibility index (Phi) is 3.43. The molecule has 6 heteroatoms. The highest BCUT2D eigenvalue weighted by Crippen LogP contribution is 1.94. The summed E-state index contributed by atoms with van der Waals surface area (Å²) in [5, 5.41) is 14.8. The van der Waals surface area contributed by atoms with Gasteiger partial charge in [-0.25, -0.2) is 0 Å². The van der Waals surface area contributed by atoms with E-state index in [1.807, 2.05) is 6.92 Å². The minimum atomic E-state index is -1.06. The van der Waals surface area contributed by atoms with E-state index < -0.39 is 12.0 Å². The van der Waals surface area contributed by atoms with E-state index in [0.717, 1.165) is 5.56 Å². The zero-order valence-corrected chi connectivity index (χ0v) is 8.60. The maximum atomic E-state index is 11.3. The Morgan fingerprint density at radius 1 is 1.67 bits per heavy atom. The van der Waals surface area contributed by atoms with E-state index in [1.54, 1.807) is 12.4 Å². The number of carbonyl (C=O) groups excluding carboxylic acids is 1. The van der Waals surface area contributed by atoms with Crippen molar-refractivity contribution in [1.82, 2.24) is 15.1 Å². The van der Waals surface area contributed by atoms with Gasteiger partial charge >= 0.3 is 5.97 Å². The van der Waals surface area contributed by atoms with Gasteiger partial charge in [0.15, 0.2) is 0 Å². The molecular weight excluding hydrogens is 198 g/mol. The predicted octanol–water partition coefficient (Wildman–Crippen LogP) is -0.219. The SMILES string of the molecule is Cc1cnn(CC(=O)NC(C)C(=O)O)c1. The summed E-state index contributed by atoms with van der Waals surface area (Å²) >= 11 is 0. The Hall–Kier alpha value is -1.85. The first-order valence-corrected chi connectivity index (χ1v) is 4.50. The van der Waals surface area contributed by atoms with Gasteiger partial charge in [-0.3, -0.25) is 14.3 Å². The number of hydrogen-bond acceptors (Lipinski definition) is 3. The average molecular weight is 211 g/mol. The molecule has 2 N–H and O–H groups in total. The van der Waals surface area contributed by atoms with Crippen LogP contribution < -0.4 is 5.32 Å². The van der Waals surface area contributed by atoms with Crippen LogP contribution in [0.4, 0.5) is 0 Å². The molecule has 0 aromatic carbocycles. The van der Waals surface area contributed by atoms with E-state index in [0.29, 0.717) is 0 Å². The van der Waals surface area contributed by atoms with Gasteiger partial charge in [-0.05, 0) is 19.4 Å². The molecule has 15 heavy (non-hydrogen) atoms. The number of rotatable bonds is 4. The molecule has 0 spiro atoms. The fourth-order valence-electron chi connectivity index (χ4n) is 1.05. The molecule has 0 bridgehead atoms. The van der Waals surface area contributed by atoms with Gasteiger partial charge in [-0.15, -0.1) is 0 Å². The Bertz CT molecular complexity index is 372. The third-order valence-corrected chi connectivity index (χ3v) is 1.82. The number of carboxylic acids is 1. The molecule has 1 rings (SSSR count). The highest BCUT2D eigenvalue weighted by atomic mass is 16.4. The first-order valence-electron chi connectivity index (χ1n) is 4.50. The van der Waals surface area contributed by atoms with Gasteiger partial charge in [-0.1, -0.05) is 0 Å². The van der Waals surface area contributed by atoms with Crippen molar-refractivity contribution in [1.29, 1.82) is 0 Å². The second-order valence-electron chi connectivity index (χ2n) is 3.34. The van der Waals surface area contributed by atoms with Gasteiger partial charge in [0, 0.05) is 6.20 Å². The van der Waals surface area contributed by atoms with Gasteiger partial charge in [0.1, 0.15) is 12.6 Å². The van der Waals surface area contributed by atoms with Gasteiger partial charge < -0.3 is 10.4 Å². The van der Waals surface area contributed by atoms with Crippen LogP contribution in [0.25, 0.3) is 0 Å². The van der Waals surface area contributed by atoms with Crippen molar-refractivity contribution >= 4 is 11.9 Å². The van der Waals surface area contributed by atoms with Crippen LogP contribution in [-0.2, 0) is 16.1 Å². The molecule has 0 radical (unpaired) electrons. The Morgan fingerprint density at radius 3 is 2.80 bits per heavy atom. The summed E-state index contributed by atoms with van der Waals surface area (Å²) in [5.74, 6) is -1.42. The smallest absolute Gasteiger partial charge is 0.325 e. The number of hydrogen-bond donors (Lipinski definition) is 2. The molecule has 0 aliphatic heterocycles. The summed E-state index contributed by atoms with van der Waals surface area (Å²) in [7, 11) is 0. The highest BCUT2D eigenvalue weighted by molar-refractivity contribution is 5.82. The molecule has 0 aliphatic carbocycles. The molecule has 1 unspecified atom stereocenters. The maximum absolute atomic E-state index is 11.3.